The second-order valence-electron chi connectivity index (χ2n) is 9.94. The van der Waals surface area contributed by atoms with E-state index in [1.165, 1.54) is 12.1 Å². The van der Waals surface area contributed by atoms with Gasteiger partial charge < -0.3 is 10.4 Å². The second-order valence-corrected chi connectivity index (χ2v) is 9.94. The van der Waals surface area contributed by atoms with Crippen LogP contribution in [0.2, 0.25) is 0 Å². The number of aliphatic hydroxyl groups excluding tert-OH is 1. The molecule has 1 aliphatic carbocycles. The summed E-state index contributed by atoms with van der Waals surface area (Å²) < 4.78 is 17.4. The fourth-order valence-corrected chi connectivity index (χ4v) is 5.02. The predicted octanol–water partition coefficient (Wildman–Crippen LogP) is 4.63. The van der Waals surface area contributed by atoms with Crippen molar-refractivity contribution in [2.75, 3.05) is 5.32 Å². The summed E-state index contributed by atoms with van der Waals surface area (Å²) in [5.74, 6) is 0.161. The van der Waals surface area contributed by atoms with E-state index in [1.54, 1.807) is 21.6 Å². The smallest absolute Gasteiger partial charge is 0.320 e. The van der Waals surface area contributed by atoms with Crippen molar-refractivity contribution in [2.24, 2.45) is 7.05 Å². The van der Waals surface area contributed by atoms with Gasteiger partial charge >= 0.3 is 6.03 Å². The van der Waals surface area contributed by atoms with E-state index in [-0.39, 0.29) is 5.82 Å². The molecule has 2 aromatic heterocycles. The molecule has 2 aromatic carbocycles. The van der Waals surface area contributed by atoms with Crippen LogP contribution in [0.1, 0.15) is 43.0 Å². The summed E-state index contributed by atoms with van der Waals surface area (Å²) in [4.78, 5) is 13.3. The number of aryl methyl sites for hydroxylation is 1. The summed E-state index contributed by atoms with van der Waals surface area (Å²) in [5.41, 5.74) is 4.15. The van der Waals surface area contributed by atoms with Crippen LogP contribution in [0, 0.1) is 12.7 Å². The predicted molar refractivity (Wildman–Crippen MR) is 135 cm³/mol. The molecule has 5 rings (SSSR count). The van der Waals surface area contributed by atoms with E-state index < -0.39 is 23.6 Å². The van der Waals surface area contributed by atoms with Gasteiger partial charge in [0.25, 0.3) is 0 Å². The Morgan fingerprint density at radius 1 is 1.19 bits per heavy atom. The standard InChI is InChI=1S/C27H29FN6O2/c1-16-23(17-14-29-33(4)15-17)32-34(19-8-6-5-7-9-19)25(16)31-26(36)30-24-20-11-10-18(28)12-21(20)27(2,3)13-22(24)35/h5-12,14-15,22,24,35H,13H2,1-4H3,(H2,30,31,36). The van der Waals surface area contributed by atoms with Gasteiger partial charge in [0.1, 0.15) is 17.3 Å². The number of rotatable bonds is 4. The molecule has 186 valence electrons. The van der Waals surface area contributed by atoms with Gasteiger partial charge in [-0.2, -0.15) is 10.2 Å². The average Bonchev–Trinajstić information content (AvgIpc) is 3.40. The molecule has 0 spiro atoms. The SMILES string of the molecule is Cc1c(-c2cnn(C)c2)nn(-c2ccccc2)c1NC(=O)NC1c2ccc(F)cc2C(C)(C)CC1O. The first kappa shape index (κ1) is 23.7. The Morgan fingerprint density at radius 3 is 2.64 bits per heavy atom. The van der Waals surface area contributed by atoms with Gasteiger partial charge in [0.15, 0.2) is 0 Å². The molecule has 8 nitrogen and oxygen atoms in total. The van der Waals surface area contributed by atoms with Crippen molar-refractivity contribution in [2.45, 2.75) is 44.8 Å². The summed E-state index contributed by atoms with van der Waals surface area (Å²) in [7, 11) is 1.83. The number of halogens is 1. The molecular weight excluding hydrogens is 459 g/mol. The fourth-order valence-electron chi connectivity index (χ4n) is 5.02. The number of benzene rings is 2. The van der Waals surface area contributed by atoms with Crippen LogP contribution in [0.15, 0.2) is 60.9 Å². The van der Waals surface area contributed by atoms with Crippen molar-refractivity contribution in [3.63, 3.8) is 0 Å². The Labute approximate surface area is 208 Å². The Hall–Kier alpha value is -3.98. The highest BCUT2D eigenvalue weighted by Crippen LogP contribution is 2.42. The van der Waals surface area contributed by atoms with E-state index in [2.05, 4.69) is 15.7 Å². The largest absolute Gasteiger partial charge is 0.391 e. The zero-order valence-electron chi connectivity index (χ0n) is 20.7. The molecule has 0 radical (unpaired) electrons. The molecule has 1 aliphatic rings. The lowest BCUT2D eigenvalue weighted by Crippen LogP contribution is -2.45. The van der Waals surface area contributed by atoms with E-state index in [0.29, 0.717) is 23.5 Å². The van der Waals surface area contributed by atoms with Gasteiger partial charge in [0.05, 0.1) is 24.0 Å². The minimum absolute atomic E-state index is 0.341. The zero-order valence-corrected chi connectivity index (χ0v) is 20.7. The zero-order chi connectivity index (χ0) is 25.6. The number of fused-ring (bicyclic) bond motifs is 1. The number of urea groups is 1. The van der Waals surface area contributed by atoms with Gasteiger partial charge in [-0.1, -0.05) is 38.1 Å². The summed E-state index contributed by atoms with van der Waals surface area (Å²) in [6.07, 6.45) is 3.16. The summed E-state index contributed by atoms with van der Waals surface area (Å²) in [6.45, 7) is 5.82. The number of amides is 2. The van der Waals surface area contributed by atoms with E-state index in [9.17, 15) is 14.3 Å². The monoisotopic (exact) mass is 488 g/mol. The molecular formula is C27H29FN6O2. The van der Waals surface area contributed by atoms with Crippen molar-refractivity contribution in [1.29, 1.82) is 0 Å². The first-order valence-corrected chi connectivity index (χ1v) is 11.8. The number of aromatic nitrogens is 4. The lowest BCUT2D eigenvalue weighted by Gasteiger charge is -2.40. The first-order valence-electron chi connectivity index (χ1n) is 11.8. The number of nitrogens with one attached hydrogen (secondary N) is 2. The average molecular weight is 489 g/mol. The van der Waals surface area contributed by atoms with Crippen LogP contribution >= 0.6 is 0 Å². The quantitative estimate of drug-likeness (QED) is 0.390. The normalized spacial score (nSPS) is 18.5. The fraction of sp³-hybridized carbons (Fsp3) is 0.296. The number of nitrogens with zero attached hydrogens (tertiary/aromatic N) is 4. The van der Waals surface area contributed by atoms with Crippen molar-refractivity contribution < 1.29 is 14.3 Å². The number of para-hydroxylation sites is 1. The van der Waals surface area contributed by atoms with E-state index >= 15 is 0 Å². The summed E-state index contributed by atoms with van der Waals surface area (Å²) >= 11 is 0. The highest BCUT2D eigenvalue weighted by atomic mass is 19.1. The van der Waals surface area contributed by atoms with Gasteiger partial charge in [-0.05, 0) is 54.2 Å². The van der Waals surface area contributed by atoms with Crippen LogP contribution in [-0.4, -0.2) is 36.8 Å². The number of aliphatic hydroxyl groups is 1. The molecule has 36 heavy (non-hydrogen) atoms. The highest BCUT2D eigenvalue weighted by Gasteiger charge is 2.39. The van der Waals surface area contributed by atoms with Crippen LogP contribution < -0.4 is 10.6 Å². The molecule has 2 unspecified atom stereocenters. The highest BCUT2D eigenvalue weighted by molar-refractivity contribution is 5.91. The molecule has 0 fully saturated rings. The lowest BCUT2D eigenvalue weighted by atomic mass is 9.69. The Bertz CT molecular complexity index is 1430. The van der Waals surface area contributed by atoms with Gasteiger partial charge in [0, 0.05) is 24.4 Å². The summed E-state index contributed by atoms with van der Waals surface area (Å²) in [5, 5.41) is 25.8. The van der Waals surface area contributed by atoms with Crippen molar-refractivity contribution in [3.8, 4) is 16.9 Å². The van der Waals surface area contributed by atoms with Crippen LogP contribution in [-0.2, 0) is 12.5 Å². The molecule has 9 heteroatoms. The minimum Gasteiger partial charge on any atom is -0.391 e. The van der Waals surface area contributed by atoms with E-state index in [1.807, 2.05) is 64.3 Å². The van der Waals surface area contributed by atoms with Gasteiger partial charge in [-0.25, -0.2) is 13.9 Å². The molecule has 0 aliphatic heterocycles. The number of carbonyl (C=O) groups is 1. The third-order valence-electron chi connectivity index (χ3n) is 6.80. The van der Waals surface area contributed by atoms with Gasteiger partial charge in [-0.3, -0.25) is 10.00 Å². The third-order valence-corrected chi connectivity index (χ3v) is 6.80. The minimum atomic E-state index is -0.824. The van der Waals surface area contributed by atoms with Crippen LogP contribution in [0.3, 0.4) is 0 Å². The molecule has 2 heterocycles. The topological polar surface area (TPSA) is 97.0 Å². The number of anilines is 1. The van der Waals surface area contributed by atoms with Crippen molar-refractivity contribution >= 4 is 11.8 Å². The number of hydrogen-bond acceptors (Lipinski definition) is 4. The van der Waals surface area contributed by atoms with Crippen LogP contribution in [0.5, 0.6) is 0 Å². The Morgan fingerprint density at radius 2 is 1.94 bits per heavy atom. The Kier molecular flexibility index (Phi) is 5.88. The first-order chi connectivity index (χ1) is 17.1. The maximum atomic E-state index is 14.0. The van der Waals surface area contributed by atoms with Crippen molar-refractivity contribution in [3.05, 3.63) is 83.4 Å². The van der Waals surface area contributed by atoms with E-state index in [4.69, 9.17) is 5.10 Å². The van der Waals surface area contributed by atoms with Crippen LogP contribution in [0.4, 0.5) is 15.0 Å². The molecule has 0 saturated carbocycles. The Balaban J connectivity index is 1.48. The maximum Gasteiger partial charge on any atom is 0.320 e. The molecule has 0 saturated heterocycles. The molecule has 2 amide bonds. The second kappa shape index (κ2) is 8.91. The molecule has 3 N–H and O–H groups in total. The lowest BCUT2D eigenvalue weighted by molar-refractivity contribution is 0.0881. The van der Waals surface area contributed by atoms with Gasteiger partial charge in [0.2, 0.25) is 0 Å². The number of carbonyl (C=O) groups excluding carboxylic acids is 1. The summed E-state index contributed by atoms with van der Waals surface area (Å²) in [6, 6.07) is 12.8. The maximum absolute atomic E-state index is 14.0. The molecule has 4 aromatic rings. The molecule has 0 bridgehead atoms. The van der Waals surface area contributed by atoms with E-state index in [0.717, 1.165) is 22.4 Å². The molecule has 2 atom stereocenters. The third kappa shape index (κ3) is 4.26. The van der Waals surface area contributed by atoms with Crippen LogP contribution in [0.25, 0.3) is 16.9 Å². The van der Waals surface area contributed by atoms with Gasteiger partial charge in [-0.15, -0.1) is 0 Å². The van der Waals surface area contributed by atoms with Crippen molar-refractivity contribution in [1.82, 2.24) is 24.9 Å². The number of hydrogen-bond donors (Lipinski definition) is 3.